The van der Waals surface area contributed by atoms with E-state index in [9.17, 15) is 4.79 Å². The lowest BCUT2D eigenvalue weighted by molar-refractivity contribution is 0.0660. The van der Waals surface area contributed by atoms with E-state index < -0.39 is 0 Å². The summed E-state index contributed by atoms with van der Waals surface area (Å²) in [5, 5.41) is 3.07. The average Bonchev–Trinajstić information content (AvgIpc) is 2.62. The average molecular weight is 312 g/mol. The summed E-state index contributed by atoms with van der Waals surface area (Å²) in [4.78, 5) is 31.1. The Morgan fingerprint density at radius 1 is 1.22 bits per heavy atom. The van der Waals surface area contributed by atoms with Crippen LogP contribution in [0.2, 0.25) is 0 Å². The Morgan fingerprint density at radius 3 is 2.78 bits per heavy atom. The summed E-state index contributed by atoms with van der Waals surface area (Å²) in [6.45, 7) is 1.46. The van der Waals surface area contributed by atoms with Gasteiger partial charge in [-0.15, -0.1) is 0 Å². The van der Waals surface area contributed by atoms with Crippen LogP contribution in [0, 0.1) is 5.92 Å². The molecule has 1 aliphatic heterocycles. The molecule has 1 aliphatic rings. The van der Waals surface area contributed by atoms with Crippen molar-refractivity contribution in [2.75, 3.05) is 25.5 Å². The minimum Gasteiger partial charge on any atom is -0.372 e. The van der Waals surface area contributed by atoms with Crippen molar-refractivity contribution in [3.8, 4) is 0 Å². The molecule has 0 bridgehead atoms. The normalized spacial score (nSPS) is 17.8. The van der Waals surface area contributed by atoms with Gasteiger partial charge in [-0.25, -0.2) is 15.0 Å². The van der Waals surface area contributed by atoms with Crippen LogP contribution in [0.15, 0.2) is 30.9 Å². The van der Waals surface area contributed by atoms with Gasteiger partial charge in [-0.1, -0.05) is 0 Å². The number of anilines is 1. The molecule has 0 aromatic carbocycles. The molecular formula is C16H20N6O. The molecule has 0 spiro atoms. The summed E-state index contributed by atoms with van der Waals surface area (Å²) < 4.78 is 0. The Hall–Kier alpha value is -2.57. The molecule has 0 unspecified atom stereocenters. The first-order valence-electron chi connectivity index (χ1n) is 7.82. The van der Waals surface area contributed by atoms with E-state index in [1.807, 2.05) is 11.9 Å². The zero-order chi connectivity index (χ0) is 16.1. The maximum Gasteiger partial charge on any atom is 0.291 e. The number of nitrogens with zero attached hydrogens (tertiary/aromatic N) is 5. The van der Waals surface area contributed by atoms with Crippen LogP contribution in [0.4, 0.5) is 5.82 Å². The van der Waals surface area contributed by atoms with E-state index in [0.717, 1.165) is 37.3 Å². The van der Waals surface area contributed by atoms with Crippen LogP contribution in [0.1, 0.15) is 29.2 Å². The van der Waals surface area contributed by atoms with Gasteiger partial charge in [0.15, 0.2) is 0 Å². The zero-order valence-corrected chi connectivity index (χ0v) is 13.1. The molecule has 0 aliphatic carbocycles. The summed E-state index contributed by atoms with van der Waals surface area (Å²) >= 11 is 0. The highest BCUT2D eigenvalue weighted by Gasteiger charge is 2.26. The number of carbonyl (C=O) groups excluding carboxylic acids is 1. The largest absolute Gasteiger partial charge is 0.372 e. The van der Waals surface area contributed by atoms with Gasteiger partial charge < -0.3 is 10.2 Å². The standard InChI is InChI=1S/C16H20N6O/c1-17-14-13(18-7-8-21-14)10-12-4-2-9-22(11-12)16(23)15-19-5-3-6-20-15/h3,5-8,12H,2,4,9-11H2,1H3,(H,17,21)/t12-/m1/s1. The molecule has 1 atom stereocenters. The molecule has 7 nitrogen and oxygen atoms in total. The van der Waals surface area contributed by atoms with Crippen molar-refractivity contribution in [2.24, 2.45) is 5.92 Å². The van der Waals surface area contributed by atoms with Crippen molar-refractivity contribution < 1.29 is 4.79 Å². The van der Waals surface area contributed by atoms with Gasteiger partial charge in [0.1, 0.15) is 5.82 Å². The summed E-state index contributed by atoms with van der Waals surface area (Å²) in [5.41, 5.74) is 0.949. The molecule has 2 aromatic heterocycles. The fourth-order valence-corrected chi connectivity index (χ4v) is 2.97. The SMILES string of the molecule is CNc1nccnc1C[C@H]1CCCN(C(=O)c2ncccn2)C1. The van der Waals surface area contributed by atoms with E-state index >= 15 is 0 Å². The monoisotopic (exact) mass is 312 g/mol. The highest BCUT2D eigenvalue weighted by molar-refractivity contribution is 5.90. The second-order valence-electron chi connectivity index (χ2n) is 5.64. The minimum absolute atomic E-state index is 0.0942. The lowest BCUT2D eigenvalue weighted by Gasteiger charge is -2.32. The quantitative estimate of drug-likeness (QED) is 0.919. The maximum atomic E-state index is 12.5. The number of amides is 1. The summed E-state index contributed by atoms with van der Waals surface area (Å²) in [6, 6.07) is 1.71. The van der Waals surface area contributed by atoms with Gasteiger partial charge in [-0.05, 0) is 31.2 Å². The van der Waals surface area contributed by atoms with Crippen molar-refractivity contribution >= 4 is 11.7 Å². The number of likely N-dealkylation sites (tertiary alicyclic amines) is 1. The van der Waals surface area contributed by atoms with Crippen molar-refractivity contribution in [2.45, 2.75) is 19.3 Å². The summed E-state index contributed by atoms with van der Waals surface area (Å²) in [7, 11) is 1.84. The number of nitrogens with one attached hydrogen (secondary N) is 1. The maximum absolute atomic E-state index is 12.5. The Morgan fingerprint density at radius 2 is 2.00 bits per heavy atom. The number of carbonyl (C=O) groups is 1. The fourth-order valence-electron chi connectivity index (χ4n) is 2.97. The lowest BCUT2D eigenvalue weighted by Crippen LogP contribution is -2.41. The predicted octanol–water partition coefficient (Wildman–Crippen LogP) is 1.40. The van der Waals surface area contributed by atoms with Gasteiger partial charge >= 0.3 is 0 Å². The molecule has 23 heavy (non-hydrogen) atoms. The third-order valence-electron chi connectivity index (χ3n) is 4.06. The molecule has 120 valence electrons. The first-order valence-corrected chi connectivity index (χ1v) is 7.82. The topological polar surface area (TPSA) is 83.9 Å². The zero-order valence-electron chi connectivity index (χ0n) is 13.1. The molecule has 3 heterocycles. The molecule has 1 N–H and O–H groups in total. The molecule has 1 fully saturated rings. The summed E-state index contributed by atoms with van der Waals surface area (Å²) in [5.74, 6) is 1.36. The van der Waals surface area contributed by atoms with Gasteiger partial charge in [0.05, 0.1) is 5.69 Å². The van der Waals surface area contributed by atoms with Crippen LogP contribution in [0.3, 0.4) is 0 Å². The predicted molar refractivity (Wildman–Crippen MR) is 85.9 cm³/mol. The van der Waals surface area contributed by atoms with Gasteiger partial charge in [-0.3, -0.25) is 9.78 Å². The highest BCUT2D eigenvalue weighted by atomic mass is 16.2. The number of aromatic nitrogens is 4. The van der Waals surface area contributed by atoms with Crippen LogP contribution in [0.5, 0.6) is 0 Å². The van der Waals surface area contributed by atoms with Crippen LogP contribution in [-0.2, 0) is 6.42 Å². The number of hydrogen-bond acceptors (Lipinski definition) is 6. The molecule has 0 saturated carbocycles. The van der Waals surface area contributed by atoms with E-state index in [2.05, 4.69) is 25.3 Å². The van der Waals surface area contributed by atoms with E-state index in [1.54, 1.807) is 30.9 Å². The molecule has 0 radical (unpaired) electrons. The van der Waals surface area contributed by atoms with Gasteiger partial charge in [-0.2, -0.15) is 0 Å². The van der Waals surface area contributed by atoms with E-state index in [1.165, 1.54) is 0 Å². The Bertz CT molecular complexity index is 663. The van der Waals surface area contributed by atoms with E-state index in [4.69, 9.17) is 0 Å². The Kier molecular flexibility index (Phi) is 4.75. The Balaban J connectivity index is 1.68. The molecule has 7 heteroatoms. The second kappa shape index (κ2) is 7.13. The molecule has 2 aromatic rings. The molecular weight excluding hydrogens is 292 g/mol. The van der Waals surface area contributed by atoms with E-state index in [0.29, 0.717) is 12.5 Å². The van der Waals surface area contributed by atoms with Gasteiger partial charge in [0, 0.05) is 44.9 Å². The second-order valence-corrected chi connectivity index (χ2v) is 5.64. The number of hydrogen-bond donors (Lipinski definition) is 1. The van der Waals surface area contributed by atoms with Crippen molar-refractivity contribution in [1.82, 2.24) is 24.8 Å². The Labute approximate surface area is 135 Å². The van der Waals surface area contributed by atoms with Crippen LogP contribution < -0.4 is 5.32 Å². The summed E-state index contributed by atoms with van der Waals surface area (Å²) in [6.07, 6.45) is 9.46. The molecule has 3 rings (SSSR count). The fraction of sp³-hybridized carbons (Fsp3) is 0.438. The van der Waals surface area contributed by atoms with Crippen molar-refractivity contribution in [3.05, 3.63) is 42.4 Å². The van der Waals surface area contributed by atoms with Crippen LogP contribution in [-0.4, -0.2) is 50.9 Å². The third kappa shape index (κ3) is 3.61. The highest BCUT2D eigenvalue weighted by Crippen LogP contribution is 2.23. The van der Waals surface area contributed by atoms with Gasteiger partial charge in [0.25, 0.3) is 5.91 Å². The molecule has 1 saturated heterocycles. The van der Waals surface area contributed by atoms with Crippen molar-refractivity contribution in [3.63, 3.8) is 0 Å². The number of piperidine rings is 1. The van der Waals surface area contributed by atoms with Crippen LogP contribution >= 0.6 is 0 Å². The van der Waals surface area contributed by atoms with Crippen molar-refractivity contribution in [1.29, 1.82) is 0 Å². The first kappa shape index (κ1) is 15.3. The number of rotatable bonds is 4. The van der Waals surface area contributed by atoms with Crippen LogP contribution in [0.25, 0.3) is 0 Å². The minimum atomic E-state index is -0.0942. The molecule has 1 amide bonds. The van der Waals surface area contributed by atoms with E-state index in [-0.39, 0.29) is 11.7 Å². The van der Waals surface area contributed by atoms with Gasteiger partial charge in [0.2, 0.25) is 5.82 Å². The third-order valence-corrected chi connectivity index (χ3v) is 4.06. The first-order chi connectivity index (χ1) is 11.3. The smallest absolute Gasteiger partial charge is 0.291 e. The lowest BCUT2D eigenvalue weighted by atomic mass is 9.93.